The number of rotatable bonds is 3. The van der Waals surface area contributed by atoms with E-state index in [1.807, 2.05) is 0 Å². The third kappa shape index (κ3) is 3.20. The van der Waals surface area contributed by atoms with Crippen molar-refractivity contribution < 1.29 is 8.78 Å². The quantitative estimate of drug-likeness (QED) is 0.625. The summed E-state index contributed by atoms with van der Waals surface area (Å²) in [7, 11) is 0. The van der Waals surface area contributed by atoms with Gasteiger partial charge in [0.15, 0.2) is 0 Å². The van der Waals surface area contributed by atoms with E-state index in [0.29, 0.717) is 6.42 Å². The molecule has 0 saturated heterocycles. The van der Waals surface area contributed by atoms with Crippen LogP contribution in [-0.2, 0) is 6.42 Å². The van der Waals surface area contributed by atoms with E-state index < -0.39 is 0 Å². The lowest BCUT2D eigenvalue weighted by atomic mass is 10.1. The molecule has 2 heteroatoms. The summed E-state index contributed by atoms with van der Waals surface area (Å²) in [6.07, 6.45) is 3.00. The highest BCUT2D eigenvalue weighted by atomic mass is 19.1. The molecular formula is C11H10F2. The second-order valence-corrected chi connectivity index (χ2v) is 2.62. The molecule has 0 radical (unpaired) electrons. The van der Waals surface area contributed by atoms with Crippen molar-refractivity contribution in [2.24, 2.45) is 0 Å². The molecule has 0 nitrogen and oxygen atoms in total. The van der Waals surface area contributed by atoms with Gasteiger partial charge < -0.3 is 0 Å². The van der Waals surface area contributed by atoms with E-state index in [-0.39, 0.29) is 11.6 Å². The zero-order valence-corrected chi connectivity index (χ0v) is 7.13. The van der Waals surface area contributed by atoms with E-state index in [9.17, 15) is 8.78 Å². The van der Waals surface area contributed by atoms with Gasteiger partial charge in [-0.15, -0.1) is 0 Å². The van der Waals surface area contributed by atoms with Crippen molar-refractivity contribution in [3.63, 3.8) is 0 Å². The van der Waals surface area contributed by atoms with Gasteiger partial charge in [-0.1, -0.05) is 18.7 Å². The number of hydrogen-bond acceptors (Lipinski definition) is 0. The van der Waals surface area contributed by atoms with Crippen LogP contribution in [0.1, 0.15) is 5.56 Å². The molecule has 1 aromatic rings. The van der Waals surface area contributed by atoms with E-state index in [2.05, 4.69) is 6.58 Å². The monoisotopic (exact) mass is 180 g/mol. The fourth-order valence-electron chi connectivity index (χ4n) is 0.919. The van der Waals surface area contributed by atoms with Gasteiger partial charge in [-0.25, -0.2) is 8.78 Å². The first kappa shape index (κ1) is 9.65. The first-order chi connectivity index (χ1) is 6.22. The van der Waals surface area contributed by atoms with Crippen LogP contribution >= 0.6 is 0 Å². The Bertz CT molecular complexity index is 309. The zero-order valence-electron chi connectivity index (χ0n) is 7.13. The van der Waals surface area contributed by atoms with Gasteiger partial charge in [-0.2, -0.15) is 0 Å². The van der Waals surface area contributed by atoms with Crippen molar-refractivity contribution >= 4 is 0 Å². The number of benzene rings is 1. The Hall–Kier alpha value is -1.44. The van der Waals surface area contributed by atoms with Crippen molar-refractivity contribution in [1.29, 1.82) is 0 Å². The number of halogens is 2. The largest absolute Gasteiger partial charge is 0.207 e. The highest BCUT2D eigenvalue weighted by molar-refractivity contribution is 5.20. The molecule has 13 heavy (non-hydrogen) atoms. The third-order valence-corrected chi connectivity index (χ3v) is 1.64. The van der Waals surface area contributed by atoms with E-state index in [1.165, 1.54) is 18.2 Å². The van der Waals surface area contributed by atoms with Crippen LogP contribution < -0.4 is 0 Å². The van der Waals surface area contributed by atoms with Gasteiger partial charge in [-0.3, -0.25) is 0 Å². The SMILES string of the molecule is C=CC(F)=CCc1ccc(F)cc1. The standard InChI is InChI=1S/C11H10F2/c1-2-10(12)6-3-9-4-7-11(13)8-5-9/h2,4-8H,1,3H2. The van der Waals surface area contributed by atoms with Gasteiger partial charge in [-0.05, 0) is 36.3 Å². The molecule has 0 aliphatic rings. The molecular weight excluding hydrogens is 170 g/mol. The topological polar surface area (TPSA) is 0 Å². The zero-order chi connectivity index (χ0) is 9.68. The first-order valence-corrected chi connectivity index (χ1v) is 3.95. The predicted molar refractivity (Wildman–Crippen MR) is 49.5 cm³/mol. The maximum atomic E-state index is 12.6. The summed E-state index contributed by atoms with van der Waals surface area (Å²) in [4.78, 5) is 0. The lowest BCUT2D eigenvalue weighted by molar-refractivity contribution is 0.627. The Morgan fingerprint density at radius 1 is 1.31 bits per heavy atom. The molecule has 68 valence electrons. The maximum Gasteiger partial charge on any atom is 0.123 e. The number of allylic oxidation sites excluding steroid dienone is 3. The van der Waals surface area contributed by atoms with Crippen LogP contribution in [0, 0.1) is 5.82 Å². The highest BCUT2D eigenvalue weighted by Gasteiger charge is 1.92. The second-order valence-electron chi connectivity index (χ2n) is 2.62. The molecule has 0 amide bonds. The fraction of sp³-hybridized carbons (Fsp3) is 0.0909. The van der Waals surface area contributed by atoms with Crippen molar-refractivity contribution in [2.75, 3.05) is 0 Å². The summed E-state index contributed by atoms with van der Waals surface area (Å²) in [5.74, 6) is -0.638. The van der Waals surface area contributed by atoms with Gasteiger partial charge in [0.05, 0.1) is 0 Å². The Labute approximate surface area is 76.2 Å². The van der Waals surface area contributed by atoms with Crippen LogP contribution in [0.3, 0.4) is 0 Å². The minimum Gasteiger partial charge on any atom is -0.207 e. The van der Waals surface area contributed by atoms with Crippen LogP contribution in [0.4, 0.5) is 8.78 Å². The van der Waals surface area contributed by atoms with Crippen LogP contribution in [0.15, 0.2) is 48.8 Å². The van der Waals surface area contributed by atoms with Gasteiger partial charge in [0, 0.05) is 0 Å². The summed E-state index contributed by atoms with van der Waals surface area (Å²) in [5, 5.41) is 0. The minimum atomic E-state index is -0.357. The van der Waals surface area contributed by atoms with Crippen LogP contribution in [0.2, 0.25) is 0 Å². The van der Waals surface area contributed by atoms with Crippen LogP contribution in [0.25, 0.3) is 0 Å². The Balaban J connectivity index is 2.65. The molecule has 1 aromatic carbocycles. The highest BCUT2D eigenvalue weighted by Crippen LogP contribution is 2.06. The average Bonchev–Trinajstić information content (AvgIpc) is 2.16. The Morgan fingerprint density at radius 3 is 2.46 bits per heavy atom. The smallest absolute Gasteiger partial charge is 0.123 e. The summed E-state index contributed by atoms with van der Waals surface area (Å²) in [6.45, 7) is 3.28. The van der Waals surface area contributed by atoms with Crippen molar-refractivity contribution in [2.45, 2.75) is 6.42 Å². The van der Waals surface area contributed by atoms with Crippen LogP contribution in [0.5, 0.6) is 0 Å². The van der Waals surface area contributed by atoms with E-state index >= 15 is 0 Å². The van der Waals surface area contributed by atoms with Gasteiger partial charge in [0.2, 0.25) is 0 Å². The molecule has 0 aliphatic heterocycles. The first-order valence-electron chi connectivity index (χ1n) is 3.95. The average molecular weight is 180 g/mol. The van der Waals surface area contributed by atoms with Gasteiger partial charge >= 0.3 is 0 Å². The lowest BCUT2D eigenvalue weighted by Crippen LogP contribution is -1.82. The van der Waals surface area contributed by atoms with E-state index in [4.69, 9.17) is 0 Å². The molecule has 0 bridgehead atoms. The Morgan fingerprint density at radius 2 is 1.92 bits per heavy atom. The van der Waals surface area contributed by atoms with Crippen molar-refractivity contribution in [3.8, 4) is 0 Å². The molecule has 0 atom stereocenters. The van der Waals surface area contributed by atoms with Crippen LogP contribution in [-0.4, -0.2) is 0 Å². The summed E-state index contributed by atoms with van der Waals surface area (Å²) in [6, 6.07) is 5.97. The summed E-state index contributed by atoms with van der Waals surface area (Å²) < 4.78 is 25.0. The van der Waals surface area contributed by atoms with Crippen molar-refractivity contribution in [1.82, 2.24) is 0 Å². The summed E-state index contributed by atoms with van der Waals surface area (Å²) >= 11 is 0. The molecule has 0 spiro atoms. The number of hydrogen-bond donors (Lipinski definition) is 0. The normalized spacial score (nSPS) is 11.4. The second kappa shape index (κ2) is 4.55. The molecule has 0 fully saturated rings. The van der Waals surface area contributed by atoms with E-state index in [1.54, 1.807) is 12.1 Å². The van der Waals surface area contributed by atoms with E-state index in [0.717, 1.165) is 11.6 Å². The molecule has 0 aliphatic carbocycles. The molecule has 0 unspecified atom stereocenters. The molecule has 0 saturated carbocycles. The summed E-state index contributed by atoms with van der Waals surface area (Å²) in [5.41, 5.74) is 0.874. The lowest BCUT2D eigenvalue weighted by Gasteiger charge is -1.95. The molecule has 0 aromatic heterocycles. The van der Waals surface area contributed by atoms with Crippen molar-refractivity contribution in [3.05, 3.63) is 60.2 Å². The Kier molecular flexibility index (Phi) is 3.38. The molecule has 0 heterocycles. The maximum absolute atomic E-state index is 12.6. The van der Waals surface area contributed by atoms with Gasteiger partial charge in [0.25, 0.3) is 0 Å². The minimum absolute atomic E-state index is 0.281. The van der Waals surface area contributed by atoms with Gasteiger partial charge in [0.1, 0.15) is 11.6 Å². The third-order valence-electron chi connectivity index (χ3n) is 1.64. The fourth-order valence-corrected chi connectivity index (χ4v) is 0.919. The molecule has 0 N–H and O–H groups in total. The predicted octanol–water partition coefficient (Wildman–Crippen LogP) is 3.41. The molecule has 1 rings (SSSR count).